The highest BCUT2D eigenvalue weighted by molar-refractivity contribution is 5.98. The fourth-order valence-electron chi connectivity index (χ4n) is 3.78. The number of imidazole rings is 1. The summed E-state index contributed by atoms with van der Waals surface area (Å²) in [6.45, 7) is 0. The van der Waals surface area contributed by atoms with E-state index in [-0.39, 0.29) is 0 Å². The third kappa shape index (κ3) is 3.51. The predicted octanol–water partition coefficient (Wildman–Crippen LogP) is 6.92. The number of rotatable bonds is 4. The van der Waals surface area contributed by atoms with Gasteiger partial charge in [-0.15, -0.1) is 0 Å². The number of aromatic amines is 2. The normalized spacial score (nSPS) is 11.8. The number of nitrogens with zero attached hydrogens (tertiary/aromatic N) is 1. The molecule has 0 saturated heterocycles. The first-order valence-electron chi connectivity index (χ1n) is 9.92. The molecular weight excluding hydrogens is 415 g/mol. The first-order chi connectivity index (χ1) is 15.4. The van der Waals surface area contributed by atoms with Crippen LogP contribution in [0, 0.1) is 0 Å². The minimum Gasteiger partial charge on any atom is -0.497 e. The van der Waals surface area contributed by atoms with Gasteiger partial charge in [0, 0.05) is 33.8 Å². The number of halogens is 3. The van der Waals surface area contributed by atoms with Crippen molar-refractivity contribution < 1.29 is 17.9 Å². The average Bonchev–Trinajstić information content (AvgIpc) is 3.43. The van der Waals surface area contributed by atoms with Gasteiger partial charge in [-0.25, -0.2) is 4.98 Å². The molecule has 0 bridgehead atoms. The largest absolute Gasteiger partial charge is 0.497 e. The van der Waals surface area contributed by atoms with Gasteiger partial charge in [-0.2, -0.15) is 13.2 Å². The van der Waals surface area contributed by atoms with Crippen molar-refractivity contribution in [2.75, 3.05) is 7.11 Å². The lowest BCUT2D eigenvalue weighted by Gasteiger charge is -2.07. The maximum absolute atomic E-state index is 13.3. The van der Waals surface area contributed by atoms with Crippen molar-refractivity contribution >= 4 is 10.9 Å². The topological polar surface area (TPSA) is 53.7 Å². The van der Waals surface area contributed by atoms with E-state index in [9.17, 15) is 13.2 Å². The Morgan fingerprint density at radius 3 is 2.41 bits per heavy atom. The lowest BCUT2D eigenvalue weighted by atomic mass is 10.0. The maximum Gasteiger partial charge on any atom is 0.416 e. The van der Waals surface area contributed by atoms with Gasteiger partial charge in [-0.1, -0.05) is 30.3 Å². The molecule has 160 valence electrons. The Morgan fingerprint density at radius 2 is 1.66 bits per heavy atom. The number of ether oxygens (including phenoxy) is 1. The van der Waals surface area contributed by atoms with E-state index in [2.05, 4.69) is 9.97 Å². The van der Waals surface area contributed by atoms with E-state index < -0.39 is 11.7 Å². The minimum absolute atomic E-state index is 0.362. The molecule has 0 saturated carbocycles. The molecule has 32 heavy (non-hydrogen) atoms. The molecule has 0 unspecified atom stereocenters. The molecule has 4 nitrogen and oxygen atoms in total. The average molecular weight is 433 g/mol. The van der Waals surface area contributed by atoms with Gasteiger partial charge in [0.15, 0.2) is 0 Å². The molecule has 5 rings (SSSR count). The summed E-state index contributed by atoms with van der Waals surface area (Å²) < 4.78 is 45.0. The summed E-state index contributed by atoms with van der Waals surface area (Å²) in [4.78, 5) is 11.2. The van der Waals surface area contributed by atoms with Gasteiger partial charge in [0.25, 0.3) is 0 Å². The zero-order valence-electron chi connectivity index (χ0n) is 17.0. The number of hydrogen-bond donors (Lipinski definition) is 2. The molecule has 2 N–H and O–H groups in total. The number of benzene rings is 3. The van der Waals surface area contributed by atoms with E-state index in [1.807, 2.05) is 54.7 Å². The summed E-state index contributed by atoms with van der Waals surface area (Å²) >= 11 is 0. The van der Waals surface area contributed by atoms with E-state index in [0.717, 1.165) is 39.9 Å². The Kier molecular flexibility index (Phi) is 4.74. The predicted molar refractivity (Wildman–Crippen MR) is 118 cm³/mol. The number of nitrogens with one attached hydrogen (secondary N) is 2. The molecular formula is C25H18F3N3O. The molecule has 0 spiro atoms. The van der Waals surface area contributed by atoms with Gasteiger partial charge in [-0.05, 0) is 42.5 Å². The van der Waals surface area contributed by atoms with Crippen LogP contribution >= 0.6 is 0 Å². The molecule has 0 radical (unpaired) electrons. The standard InChI is InChI=1S/C25H18F3N3O/c1-32-18-11-9-15(10-12-18)22-23(20-14-29-21-8-3-2-7-19(20)21)31-24(30-22)16-5-4-6-17(13-16)25(26,27)28/h2-14,29H,1H3,(H,30,31). The van der Waals surface area contributed by atoms with Crippen LogP contribution in [0.25, 0.3) is 44.8 Å². The van der Waals surface area contributed by atoms with Gasteiger partial charge in [0.2, 0.25) is 0 Å². The van der Waals surface area contributed by atoms with Gasteiger partial charge in [-0.3, -0.25) is 0 Å². The second kappa shape index (κ2) is 7.60. The van der Waals surface area contributed by atoms with Crippen LogP contribution in [0.2, 0.25) is 0 Å². The number of para-hydroxylation sites is 1. The number of alkyl halides is 3. The Labute approximate surface area is 181 Å². The smallest absolute Gasteiger partial charge is 0.416 e. The first kappa shape index (κ1) is 19.9. The van der Waals surface area contributed by atoms with Gasteiger partial charge in [0.1, 0.15) is 11.6 Å². The summed E-state index contributed by atoms with van der Waals surface area (Å²) in [7, 11) is 1.59. The summed E-state index contributed by atoms with van der Waals surface area (Å²) in [6, 6.07) is 20.4. The lowest BCUT2D eigenvalue weighted by Crippen LogP contribution is -2.04. The van der Waals surface area contributed by atoms with E-state index in [1.54, 1.807) is 13.2 Å². The minimum atomic E-state index is -4.43. The molecule has 5 aromatic rings. The van der Waals surface area contributed by atoms with Crippen LogP contribution in [0.15, 0.2) is 79.0 Å². The van der Waals surface area contributed by atoms with Crippen molar-refractivity contribution in [2.24, 2.45) is 0 Å². The van der Waals surface area contributed by atoms with Crippen LogP contribution in [0.5, 0.6) is 5.75 Å². The third-order valence-corrected chi connectivity index (χ3v) is 5.39. The summed E-state index contributed by atoms with van der Waals surface area (Å²) in [5, 5.41) is 0.988. The molecule has 0 amide bonds. The number of H-pyrrole nitrogens is 2. The fourth-order valence-corrected chi connectivity index (χ4v) is 3.78. The second-order valence-corrected chi connectivity index (χ2v) is 7.36. The highest BCUT2D eigenvalue weighted by atomic mass is 19.4. The SMILES string of the molecule is COc1ccc(-c2nc(-c3cccc(C(F)(F)F)c3)[nH]c2-c2c[nH]c3ccccc23)cc1. The molecule has 0 aliphatic rings. The number of hydrogen-bond acceptors (Lipinski definition) is 2. The fraction of sp³-hybridized carbons (Fsp3) is 0.0800. The number of aromatic nitrogens is 3. The van der Waals surface area contributed by atoms with Crippen LogP contribution in [0.3, 0.4) is 0 Å². The van der Waals surface area contributed by atoms with E-state index >= 15 is 0 Å². The second-order valence-electron chi connectivity index (χ2n) is 7.36. The van der Waals surface area contributed by atoms with Crippen molar-refractivity contribution in [1.29, 1.82) is 0 Å². The monoisotopic (exact) mass is 433 g/mol. The number of fused-ring (bicyclic) bond motifs is 1. The molecule has 0 atom stereocenters. The molecule has 3 aromatic carbocycles. The van der Waals surface area contributed by atoms with Gasteiger partial charge < -0.3 is 14.7 Å². The highest BCUT2D eigenvalue weighted by Gasteiger charge is 2.31. The Bertz CT molecular complexity index is 1400. The van der Waals surface area contributed by atoms with Crippen LogP contribution in [0.4, 0.5) is 13.2 Å². The Balaban J connectivity index is 1.71. The molecule has 2 aromatic heterocycles. The van der Waals surface area contributed by atoms with Crippen molar-refractivity contribution in [3.63, 3.8) is 0 Å². The van der Waals surface area contributed by atoms with Gasteiger partial charge in [0.05, 0.1) is 24.1 Å². The van der Waals surface area contributed by atoms with E-state index in [0.29, 0.717) is 22.8 Å². The molecule has 0 fully saturated rings. The first-order valence-corrected chi connectivity index (χ1v) is 9.92. The quantitative estimate of drug-likeness (QED) is 0.323. The van der Waals surface area contributed by atoms with E-state index in [1.165, 1.54) is 6.07 Å². The van der Waals surface area contributed by atoms with E-state index in [4.69, 9.17) is 9.72 Å². The van der Waals surface area contributed by atoms with Crippen LogP contribution in [-0.4, -0.2) is 22.1 Å². The van der Waals surface area contributed by atoms with Crippen LogP contribution < -0.4 is 4.74 Å². The number of methoxy groups -OCH3 is 1. The lowest BCUT2D eigenvalue weighted by molar-refractivity contribution is -0.137. The summed E-state index contributed by atoms with van der Waals surface area (Å²) in [5.41, 5.74) is 3.67. The zero-order valence-corrected chi connectivity index (χ0v) is 17.0. The van der Waals surface area contributed by atoms with Crippen molar-refractivity contribution in [3.05, 3.63) is 84.6 Å². The molecule has 0 aliphatic heterocycles. The molecule has 2 heterocycles. The molecule has 0 aliphatic carbocycles. The maximum atomic E-state index is 13.3. The zero-order chi connectivity index (χ0) is 22.3. The highest BCUT2D eigenvalue weighted by Crippen LogP contribution is 2.38. The van der Waals surface area contributed by atoms with Crippen molar-refractivity contribution in [2.45, 2.75) is 6.18 Å². The van der Waals surface area contributed by atoms with Crippen molar-refractivity contribution in [3.8, 4) is 39.7 Å². The van der Waals surface area contributed by atoms with Crippen molar-refractivity contribution in [1.82, 2.24) is 15.0 Å². The summed E-state index contributed by atoms with van der Waals surface area (Å²) in [6.07, 6.45) is -2.55. The van der Waals surface area contributed by atoms with Crippen LogP contribution in [0.1, 0.15) is 5.56 Å². The Hall–Kier alpha value is -4.00. The third-order valence-electron chi connectivity index (χ3n) is 5.39. The Morgan fingerprint density at radius 1 is 0.875 bits per heavy atom. The van der Waals surface area contributed by atoms with Gasteiger partial charge >= 0.3 is 6.18 Å². The molecule has 7 heteroatoms. The van der Waals surface area contributed by atoms with Crippen LogP contribution in [-0.2, 0) is 6.18 Å². The summed E-state index contributed by atoms with van der Waals surface area (Å²) in [5.74, 6) is 1.07.